The van der Waals surface area contributed by atoms with E-state index in [-0.39, 0.29) is 0 Å². The number of anilines is 1. The first-order valence-corrected chi connectivity index (χ1v) is 5.80. The fourth-order valence-corrected chi connectivity index (χ4v) is 2.42. The second-order valence-electron chi connectivity index (χ2n) is 3.56. The third-order valence-electron chi connectivity index (χ3n) is 2.63. The number of likely N-dealkylation sites (N-methyl/N-ethyl adjacent to an activating group) is 1. The highest BCUT2D eigenvalue weighted by atomic mass is 35.5. The molecule has 1 fully saturated rings. The van der Waals surface area contributed by atoms with E-state index < -0.39 is 0 Å². The van der Waals surface area contributed by atoms with Crippen LogP contribution in [0.3, 0.4) is 0 Å². The molecule has 1 aromatic heterocycles. The van der Waals surface area contributed by atoms with Crippen LogP contribution in [0.25, 0.3) is 0 Å². The lowest BCUT2D eigenvalue weighted by Gasteiger charge is -2.19. The Morgan fingerprint density at radius 2 is 2.50 bits per heavy atom. The highest BCUT2D eigenvalue weighted by Gasteiger charge is 2.20. The van der Waals surface area contributed by atoms with Crippen molar-refractivity contribution >= 4 is 29.1 Å². The maximum absolute atomic E-state index is 5.82. The Labute approximate surface area is 92.6 Å². The largest absolute Gasteiger partial charge is 0.365 e. The van der Waals surface area contributed by atoms with Gasteiger partial charge in [0.25, 0.3) is 0 Å². The molecule has 0 aliphatic carbocycles. The van der Waals surface area contributed by atoms with Crippen molar-refractivity contribution in [2.24, 2.45) is 0 Å². The highest BCUT2D eigenvalue weighted by Crippen LogP contribution is 2.20. The van der Waals surface area contributed by atoms with Gasteiger partial charge in [-0.05, 0) is 26.4 Å². The summed E-state index contributed by atoms with van der Waals surface area (Å²) in [5.41, 5.74) is 0. The molecule has 1 aliphatic rings. The van der Waals surface area contributed by atoms with Gasteiger partial charge in [0, 0.05) is 12.6 Å². The Balaban J connectivity index is 1.85. The number of nitrogens with one attached hydrogen (secondary N) is 1. The summed E-state index contributed by atoms with van der Waals surface area (Å²) in [6.07, 6.45) is 2.53. The molecule has 0 aromatic carbocycles. The van der Waals surface area contributed by atoms with E-state index in [0.29, 0.717) is 11.2 Å². The number of nitrogens with zero attached hydrogens (tertiary/aromatic N) is 3. The summed E-state index contributed by atoms with van der Waals surface area (Å²) in [4.78, 5) is 2.36. The van der Waals surface area contributed by atoms with Gasteiger partial charge in [-0.2, -0.15) is 8.75 Å². The van der Waals surface area contributed by atoms with Crippen LogP contribution in [0.1, 0.15) is 12.8 Å². The lowest BCUT2D eigenvalue weighted by atomic mass is 10.2. The summed E-state index contributed by atoms with van der Waals surface area (Å²) in [6.45, 7) is 2.09. The third-order valence-corrected chi connectivity index (χ3v) is 3.52. The van der Waals surface area contributed by atoms with Gasteiger partial charge >= 0.3 is 0 Å². The Bertz CT molecular complexity index is 303. The first-order chi connectivity index (χ1) is 6.77. The van der Waals surface area contributed by atoms with Gasteiger partial charge in [0.05, 0.1) is 11.7 Å². The van der Waals surface area contributed by atoms with Gasteiger partial charge < -0.3 is 10.2 Å². The fourth-order valence-electron chi connectivity index (χ4n) is 1.73. The average Bonchev–Trinajstić information content (AvgIpc) is 2.72. The van der Waals surface area contributed by atoms with Gasteiger partial charge in [0.15, 0.2) is 11.0 Å². The first kappa shape index (κ1) is 10.1. The smallest absolute Gasteiger partial charge is 0.186 e. The van der Waals surface area contributed by atoms with Crippen molar-refractivity contribution in [3.8, 4) is 0 Å². The fraction of sp³-hybridized carbons (Fsp3) is 0.750. The number of aromatic nitrogens is 2. The summed E-state index contributed by atoms with van der Waals surface area (Å²) < 4.78 is 7.97. The molecular weight excluding hydrogens is 220 g/mol. The van der Waals surface area contributed by atoms with Gasteiger partial charge in [0.2, 0.25) is 0 Å². The maximum atomic E-state index is 5.82. The number of hydrogen-bond donors (Lipinski definition) is 1. The Hall–Kier alpha value is -0.390. The molecule has 2 rings (SSSR count). The normalized spacial score (nSPS) is 22.9. The lowest BCUT2D eigenvalue weighted by Crippen LogP contribution is -2.31. The molecular formula is C8H13ClN4S. The summed E-state index contributed by atoms with van der Waals surface area (Å²) >= 11 is 6.96. The van der Waals surface area contributed by atoms with Crippen LogP contribution < -0.4 is 5.32 Å². The monoisotopic (exact) mass is 232 g/mol. The van der Waals surface area contributed by atoms with Crippen molar-refractivity contribution in [1.82, 2.24) is 13.6 Å². The van der Waals surface area contributed by atoms with Gasteiger partial charge in [-0.15, -0.1) is 0 Å². The number of hydrogen-bond acceptors (Lipinski definition) is 5. The second kappa shape index (κ2) is 4.42. The number of likely N-dealkylation sites (tertiary alicyclic amines) is 1. The second-order valence-corrected chi connectivity index (χ2v) is 4.45. The van der Waals surface area contributed by atoms with E-state index in [1.54, 1.807) is 0 Å². The molecule has 6 heteroatoms. The predicted octanol–water partition coefficient (Wildman–Crippen LogP) is 1.70. The van der Waals surface area contributed by atoms with E-state index in [1.165, 1.54) is 19.4 Å². The van der Waals surface area contributed by atoms with Gasteiger partial charge in [-0.1, -0.05) is 11.6 Å². The van der Waals surface area contributed by atoms with E-state index in [9.17, 15) is 0 Å². The van der Waals surface area contributed by atoms with Crippen LogP contribution in [0.2, 0.25) is 5.15 Å². The van der Waals surface area contributed by atoms with Crippen molar-refractivity contribution in [3.05, 3.63) is 5.15 Å². The average molecular weight is 233 g/mol. The number of rotatable bonds is 3. The van der Waals surface area contributed by atoms with E-state index in [0.717, 1.165) is 24.1 Å². The van der Waals surface area contributed by atoms with Gasteiger partial charge in [0.1, 0.15) is 0 Å². The zero-order valence-corrected chi connectivity index (χ0v) is 9.61. The lowest BCUT2D eigenvalue weighted by molar-refractivity contribution is 0.322. The number of halogens is 1. The molecule has 4 nitrogen and oxygen atoms in total. The third kappa shape index (κ3) is 2.16. The van der Waals surface area contributed by atoms with E-state index in [1.807, 2.05) is 0 Å². The van der Waals surface area contributed by atoms with Crippen LogP contribution in [0.15, 0.2) is 0 Å². The standard InChI is InChI=1S/C8H13ClN4S/c1-13-4-2-3-6(13)5-10-8-7(9)11-14-12-8/h6H,2-5H2,1H3,(H,10,12). The maximum Gasteiger partial charge on any atom is 0.186 e. The minimum Gasteiger partial charge on any atom is -0.365 e. The van der Waals surface area contributed by atoms with Crippen LogP contribution in [-0.4, -0.2) is 39.8 Å². The summed E-state index contributed by atoms with van der Waals surface area (Å²) in [5, 5.41) is 3.71. The summed E-state index contributed by atoms with van der Waals surface area (Å²) in [5.74, 6) is 0.719. The molecule has 78 valence electrons. The van der Waals surface area contributed by atoms with Crippen molar-refractivity contribution < 1.29 is 0 Å². The molecule has 0 amide bonds. The molecule has 1 aliphatic heterocycles. The van der Waals surface area contributed by atoms with Gasteiger partial charge in [-0.25, -0.2) is 0 Å². The molecule has 0 spiro atoms. The van der Waals surface area contributed by atoms with Crippen molar-refractivity contribution in [3.63, 3.8) is 0 Å². The van der Waals surface area contributed by atoms with Crippen LogP contribution >= 0.6 is 23.3 Å². The van der Waals surface area contributed by atoms with Crippen molar-refractivity contribution in [2.75, 3.05) is 25.5 Å². The van der Waals surface area contributed by atoms with Crippen LogP contribution in [-0.2, 0) is 0 Å². The zero-order chi connectivity index (χ0) is 9.97. The molecule has 14 heavy (non-hydrogen) atoms. The van der Waals surface area contributed by atoms with Gasteiger partial charge in [-0.3, -0.25) is 0 Å². The van der Waals surface area contributed by atoms with Crippen molar-refractivity contribution in [2.45, 2.75) is 18.9 Å². The molecule has 0 saturated carbocycles. The molecule has 1 unspecified atom stereocenters. The summed E-state index contributed by atoms with van der Waals surface area (Å²) in [7, 11) is 2.15. The summed E-state index contributed by atoms with van der Waals surface area (Å²) in [6, 6.07) is 0.604. The molecule has 1 atom stereocenters. The quantitative estimate of drug-likeness (QED) is 0.862. The van der Waals surface area contributed by atoms with Crippen molar-refractivity contribution in [1.29, 1.82) is 0 Å². The molecule has 0 bridgehead atoms. The zero-order valence-electron chi connectivity index (χ0n) is 8.03. The van der Waals surface area contributed by atoms with E-state index in [4.69, 9.17) is 11.6 Å². The topological polar surface area (TPSA) is 41.0 Å². The SMILES string of the molecule is CN1CCCC1CNc1nsnc1Cl. The predicted molar refractivity (Wildman–Crippen MR) is 59.1 cm³/mol. The van der Waals surface area contributed by atoms with E-state index in [2.05, 4.69) is 26.0 Å². The minimum absolute atomic E-state index is 0.482. The molecule has 0 radical (unpaired) electrons. The Morgan fingerprint density at radius 3 is 3.07 bits per heavy atom. The minimum atomic E-state index is 0.482. The van der Waals surface area contributed by atoms with Crippen LogP contribution in [0, 0.1) is 0 Å². The molecule has 1 saturated heterocycles. The highest BCUT2D eigenvalue weighted by molar-refractivity contribution is 6.99. The van der Waals surface area contributed by atoms with Crippen LogP contribution in [0.4, 0.5) is 5.82 Å². The molecule has 1 N–H and O–H groups in total. The first-order valence-electron chi connectivity index (χ1n) is 4.69. The Morgan fingerprint density at radius 1 is 1.64 bits per heavy atom. The molecule has 2 heterocycles. The van der Waals surface area contributed by atoms with Crippen LogP contribution in [0.5, 0.6) is 0 Å². The Kier molecular flexibility index (Phi) is 3.20. The molecule has 1 aromatic rings. The van der Waals surface area contributed by atoms with E-state index >= 15 is 0 Å².